The Labute approximate surface area is 403 Å². The number of aliphatic imine (C=N–C) groups is 1. The van der Waals surface area contributed by atoms with Gasteiger partial charge >= 0.3 is 5.97 Å². The number of amides is 9. The number of rotatable bonds is 32. The Bertz CT molecular complexity index is 2150. The molecule has 69 heavy (non-hydrogen) atoms. The van der Waals surface area contributed by atoms with Crippen LogP contribution in [-0.4, -0.2) is 143 Å². The summed E-state index contributed by atoms with van der Waals surface area (Å²) in [6.45, 7) is 4.28. The van der Waals surface area contributed by atoms with Crippen molar-refractivity contribution in [2.24, 2.45) is 39.6 Å². The standard InChI is InChI=1S/C43H68N14O11S/c1-22(2)18-32(42(67)68)53-35(60)21-51-36(61)23(3)52-41(66)31(19-24-20-50-27-9-6-5-8-25(24)27)57-40(65)30(12-14-34(46)59)56-38(63)28(10-7-16-49-43(47)48)55-39(64)29(11-13-33(45)58)54-37(62)26(44)15-17-69-4/h5-6,8-9,20,22-23,26,28-32,50H,7,10-19,21,44H2,1-4H3,(H2,45,58)(H2,46,59)(H,51,61)(H,52,66)(H,53,60)(H,54,62)(H,55,64)(H,56,63)(H,57,65)(H,67,68)(H4,47,48,49)/t23-,26-,28-,29-,30-,31-,32-/m0/s1. The van der Waals surface area contributed by atoms with E-state index in [1.807, 2.05) is 6.26 Å². The lowest BCUT2D eigenvalue weighted by atomic mass is 10.0. The number of carbonyl (C=O) groups excluding carboxylic acids is 9. The monoisotopic (exact) mass is 988 g/mol. The van der Waals surface area contributed by atoms with Crippen LogP contribution in [0.15, 0.2) is 35.5 Å². The number of benzene rings is 1. The molecular formula is C43H68N14O11S. The van der Waals surface area contributed by atoms with Crippen LogP contribution in [0.1, 0.15) is 77.7 Å². The number of nitrogens with one attached hydrogen (secondary N) is 8. The number of carbonyl (C=O) groups is 10. The number of aromatic nitrogens is 1. The number of primary amides is 2. The third-order valence-corrected chi connectivity index (χ3v) is 11.1. The second-order valence-electron chi connectivity index (χ2n) is 16.7. The molecule has 0 aliphatic carbocycles. The van der Waals surface area contributed by atoms with Gasteiger partial charge < -0.3 is 76.0 Å². The van der Waals surface area contributed by atoms with Gasteiger partial charge in [-0.25, -0.2) is 4.79 Å². The summed E-state index contributed by atoms with van der Waals surface area (Å²) >= 11 is 1.45. The second kappa shape index (κ2) is 29.7. The molecule has 0 saturated heterocycles. The summed E-state index contributed by atoms with van der Waals surface area (Å²) in [5.74, 6) is -8.59. The predicted octanol–water partition coefficient (Wildman–Crippen LogP) is -3.45. The quantitative estimate of drug-likeness (QED) is 0.0193. The number of thioether (sulfide) groups is 1. The van der Waals surface area contributed by atoms with E-state index in [-0.39, 0.29) is 69.8 Å². The van der Waals surface area contributed by atoms with Gasteiger partial charge in [-0.1, -0.05) is 32.0 Å². The van der Waals surface area contributed by atoms with Gasteiger partial charge in [0.25, 0.3) is 0 Å². The van der Waals surface area contributed by atoms with Crippen molar-refractivity contribution in [3.05, 3.63) is 36.0 Å². The Balaban J connectivity index is 2.43. The summed E-state index contributed by atoms with van der Waals surface area (Å²) in [5.41, 5.74) is 29.0. The summed E-state index contributed by atoms with van der Waals surface area (Å²) < 4.78 is 0. The zero-order valence-electron chi connectivity index (χ0n) is 39.3. The third kappa shape index (κ3) is 21.7. The molecule has 0 aliphatic rings. The van der Waals surface area contributed by atoms with E-state index < -0.39 is 114 Å². The number of fused-ring (bicyclic) bond motifs is 1. The SMILES string of the molecule is CSCC[C@H](N)C(=O)N[C@@H](CCC(N)=O)C(=O)N[C@@H](CCCN=C(N)N)C(=O)N[C@@H](CCC(N)=O)C(=O)N[C@@H](Cc1c[nH]c2ccccc12)C(=O)N[C@@H](C)C(=O)NCC(=O)N[C@@H](CC(C)C)C(=O)O. The molecule has 26 heteroatoms. The smallest absolute Gasteiger partial charge is 0.326 e. The molecule has 2 rings (SSSR count). The Morgan fingerprint density at radius 3 is 1.75 bits per heavy atom. The fourth-order valence-corrected chi connectivity index (χ4v) is 7.21. The van der Waals surface area contributed by atoms with Gasteiger partial charge in [0.05, 0.1) is 12.6 Å². The van der Waals surface area contributed by atoms with E-state index in [9.17, 15) is 53.1 Å². The molecule has 0 fully saturated rings. The lowest BCUT2D eigenvalue weighted by Gasteiger charge is -2.27. The van der Waals surface area contributed by atoms with Gasteiger partial charge in [0.1, 0.15) is 36.3 Å². The van der Waals surface area contributed by atoms with Gasteiger partial charge in [0.15, 0.2) is 5.96 Å². The number of nitrogens with zero attached hydrogens (tertiary/aromatic N) is 1. The van der Waals surface area contributed by atoms with Crippen molar-refractivity contribution in [2.75, 3.05) is 25.1 Å². The minimum absolute atomic E-state index is 0.0114. The number of guanidine groups is 1. The molecule has 1 aromatic heterocycles. The van der Waals surface area contributed by atoms with E-state index in [2.05, 4.69) is 47.2 Å². The van der Waals surface area contributed by atoms with Gasteiger partial charge in [-0.3, -0.25) is 48.1 Å². The number of H-pyrrole nitrogens is 1. The molecule has 19 N–H and O–H groups in total. The minimum Gasteiger partial charge on any atom is -0.480 e. The Hall–Kier alpha value is -6.96. The summed E-state index contributed by atoms with van der Waals surface area (Å²) in [6.07, 6.45) is 2.29. The van der Waals surface area contributed by atoms with Crippen LogP contribution in [0.25, 0.3) is 10.9 Å². The molecule has 0 saturated carbocycles. The molecule has 25 nitrogen and oxygen atoms in total. The van der Waals surface area contributed by atoms with Crippen LogP contribution in [0.5, 0.6) is 0 Å². The molecular weight excluding hydrogens is 921 g/mol. The molecule has 9 amide bonds. The van der Waals surface area contributed by atoms with Gasteiger partial charge in [0.2, 0.25) is 53.2 Å². The van der Waals surface area contributed by atoms with Crippen LogP contribution < -0.4 is 65.9 Å². The maximum Gasteiger partial charge on any atom is 0.326 e. The average Bonchev–Trinajstić information content (AvgIpc) is 3.69. The number of para-hydroxylation sites is 1. The van der Waals surface area contributed by atoms with Crippen molar-refractivity contribution in [1.29, 1.82) is 0 Å². The summed E-state index contributed by atoms with van der Waals surface area (Å²) in [4.78, 5) is 137. The van der Waals surface area contributed by atoms with Crippen molar-refractivity contribution in [3.63, 3.8) is 0 Å². The van der Waals surface area contributed by atoms with E-state index in [1.54, 1.807) is 44.3 Å². The first-order valence-electron chi connectivity index (χ1n) is 22.3. The average molecular weight is 989 g/mol. The first-order chi connectivity index (χ1) is 32.5. The van der Waals surface area contributed by atoms with Crippen LogP contribution in [0.4, 0.5) is 0 Å². The van der Waals surface area contributed by atoms with Gasteiger partial charge in [-0.05, 0) is 75.0 Å². The number of nitrogens with two attached hydrogens (primary N) is 5. The Kier molecular flexibility index (Phi) is 25.1. The van der Waals surface area contributed by atoms with E-state index in [4.69, 9.17) is 28.7 Å². The van der Waals surface area contributed by atoms with Crippen LogP contribution in [0, 0.1) is 5.92 Å². The Morgan fingerprint density at radius 1 is 0.681 bits per heavy atom. The maximum absolute atomic E-state index is 14.2. The van der Waals surface area contributed by atoms with Gasteiger partial charge in [0, 0.05) is 42.9 Å². The van der Waals surface area contributed by atoms with Crippen LogP contribution in [0.2, 0.25) is 0 Å². The fraction of sp³-hybridized carbons (Fsp3) is 0.558. The van der Waals surface area contributed by atoms with Gasteiger partial charge in [-0.15, -0.1) is 0 Å². The topological polar surface area (TPSA) is 433 Å². The van der Waals surface area contributed by atoms with Crippen LogP contribution in [-0.2, 0) is 54.4 Å². The normalized spacial score (nSPS) is 14.1. The Morgan fingerprint density at radius 2 is 1.22 bits per heavy atom. The van der Waals surface area contributed by atoms with Crippen molar-refractivity contribution in [2.45, 2.75) is 121 Å². The first kappa shape index (κ1) is 58.2. The number of hydrogen-bond donors (Lipinski definition) is 14. The number of aromatic amines is 1. The van der Waals surface area contributed by atoms with E-state index in [0.717, 1.165) is 0 Å². The van der Waals surface area contributed by atoms with E-state index >= 15 is 0 Å². The van der Waals surface area contributed by atoms with Crippen molar-refractivity contribution in [1.82, 2.24) is 42.2 Å². The van der Waals surface area contributed by atoms with Crippen LogP contribution >= 0.6 is 11.8 Å². The first-order valence-corrected chi connectivity index (χ1v) is 23.6. The maximum atomic E-state index is 14.2. The molecule has 0 aliphatic heterocycles. The molecule has 0 bridgehead atoms. The lowest BCUT2D eigenvalue weighted by Crippen LogP contribution is -2.59. The van der Waals surface area contributed by atoms with Crippen LogP contribution in [0.3, 0.4) is 0 Å². The molecule has 7 atom stereocenters. The minimum atomic E-state index is -1.57. The number of carboxylic acid groups (broad SMARTS) is 1. The highest BCUT2D eigenvalue weighted by Crippen LogP contribution is 2.20. The molecule has 382 valence electrons. The number of aliphatic carboxylic acids is 1. The molecule has 2 aromatic rings. The molecule has 1 heterocycles. The fourth-order valence-electron chi connectivity index (χ4n) is 6.72. The largest absolute Gasteiger partial charge is 0.480 e. The summed E-state index contributed by atoms with van der Waals surface area (Å²) in [6, 6.07) is -2.21. The lowest BCUT2D eigenvalue weighted by molar-refractivity contribution is -0.142. The zero-order chi connectivity index (χ0) is 51.8. The molecule has 1 aromatic carbocycles. The van der Waals surface area contributed by atoms with E-state index in [0.29, 0.717) is 22.2 Å². The van der Waals surface area contributed by atoms with Crippen molar-refractivity contribution < 1.29 is 53.1 Å². The zero-order valence-corrected chi connectivity index (χ0v) is 40.1. The highest BCUT2D eigenvalue weighted by atomic mass is 32.2. The third-order valence-electron chi connectivity index (χ3n) is 10.4. The summed E-state index contributed by atoms with van der Waals surface area (Å²) in [5, 5.41) is 27.6. The highest BCUT2D eigenvalue weighted by molar-refractivity contribution is 7.98. The second-order valence-corrected chi connectivity index (χ2v) is 17.7. The van der Waals surface area contributed by atoms with E-state index in [1.165, 1.54) is 18.7 Å². The predicted molar refractivity (Wildman–Crippen MR) is 257 cm³/mol. The molecule has 0 spiro atoms. The molecule has 0 radical (unpaired) electrons. The number of carboxylic acids is 1. The van der Waals surface area contributed by atoms with Crippen molar-refractivity contribution in [3.8, 4) is 0 Å². The highest BCUT2D eigenvalue weighted by Gasteiger charge is 2.33. The van der Waals surface area contributed by atoms with Gasteiger partial charge in [-0.2, -0.15) is 11.8 Å². The number of hydrogen-bond acceptors (Lipinski definition) is 13. The van der Waals surface area contributed by atoms with Crippen molar-refractivity contribution >= 4 is 87.8 Å². The molecule has 0 unspecified atom stereocenters. The summed E-state index contributed by atoms with van der Waals surface area (Å²) in [7, 11) is 0.